The van der Waals surface area contributed by atoms with E-state index in [2.05, 4.69) is 17.4 Å². The van der Waals surface area contributed by atoms with Crippen molar-refractivity contribution >= 4 is 23.6 Å². The van der Waals surface area contributed by atoms with Gasteiger partial charge in [-0.3, -0.25) is 0 Å². The minimum atomic E-state index is -1.22. The number of rotatable bonds is 3. The highest BCUT2D eigenvalue weighted by atomic mass is 32.2. The predicted octanol–water partition coefficient (Wildman–Crippen LogP) is 3.23. The molecule has 0 spiro atoms. The minimum Gasteiger partial charge on any atom is -0.242 e. The molecule has 0 aromatic heterocycles. The van der Waals surface area contributed by atoms with Gasteiger partial charge in [0.15, 0.2) is 0 Å². The van der Waals surface area contributed by atoms with Crippen molar-refractivity contribution in [3.8, 4) is 0 Å². The molecule has 0 aliphatic rings. The maximum Gasteiger partial charge on any atom is 0.129 e. The first-order valence-corrected chi connectivity index (χ1v) is 6.98. The molecule has 1 aromatic rings. The van der Waals surface area contributed by atoms with E-state index in [9.17, 15) is 8.60 Å². The summed E-state index contributed by atoms with van der Waals surface area (Å²) in [5.74, 6) is -0.330. The fourth-order valence-electron chi connectivity index (χ4n) is 1.27. The number of nitrogens with one attached hydrogen (secondary N) is 1. The van der Waals surface area contributed by atoms with Crippen LogP contribution in [-0.2, 0) is 11.0 Å². The van der Waals surface area contributed by atoms with Gasteiger partial charge < -0.3 is 0 Å². The van der Waals surface area contributed by atoms with Crippen molar-refractivity contribution in [1.29, 1.82) is 0 Å². The van der Waals surface area contributed by atoms with Crippen molar-refractivity contribution in [2.45, 2.75) is 43.4 Å². The fourth-order valence-corrected chi connectivity index (χ4v) is 2.26. The highest BCUT2D eigenvalue weighted by Crippen LogP contribution is 2.21. The molecule has 0 aliphatic heterocycles. The van der Waals surface area contributed by atoms with Crippen LogP contribution in [0.3, 0.4) is 0 Å². The van der Waals surface area contributed by atoms with Crippen LogP contribution in [0, 0.1) is 5.82 Å². The van der Waals surface area contributed by atoms with Crippen LogP contribution < -0.4 is 4.72 Å². The Morgan fingerprint density at radius 1 is 1.41 bits per heavy atom. The molecule has 0 aliphatic carbocycles. The quantitative estimate of drug-likeness (QED) is 0.815. The zero-order chi connectivity index (χ0) is 13.2. The number of thiol groups is 1. The first kappa shape index (κ1) is 14.7. The second-order valence-electron chi connectivity index (χ2n) is 4.93. The molecule has 0 heterocycles. The van der Waals surface area contributed by atoms with Crippen LogP contribution in [0.25, 0.3) is 0 Å². The van der Waals surface area contributed by atoms with E-state index in [1.807, 2.05) is 20.8 Å². The van der Waals surface area contributed by atoms with Crippen molar-refractivity contribution in [1.82, 2.24) is 4.72 Å². The zero-order valence-electron chi connectivity index (χ0n) is 10.5. The lowest BCUT2D eigenvalue weighted by Gasteiger charge is -2.22. The lowest BCUT2D eigenvalue weighted by Crippen LogP contribution is -2.35. The molecule has 1 aromatic carbocycles. The fraction of sp³-hybridized carbons (Fsp3) is 0.500. The van der Waals surface area contributed by atoms with E-state index >= 15 is 0 Å². The summed E-state index contributed by atoms with van der Waals surface area (Å²) >= 11 is 4.07. The summed E-state index contributed by atoms with van der Waals surface area (Å²) < 4.78 is 28.1. The number of benzene rings is 1. The Morgan fingerprint density at radius 2 is 2.00 bits per heavy atom. The van der Waals surface area contributed by atoms with E-state index in [4.69, 9.17) is 0 Å². The number of hydrogen-bond donors (Lipinski definition) is 2. The predicted molar refractivity (Wildman–Crippen MR) is 73.1 cm³/mol. The Morgan fingerprint density at radius 3 is 2.47 bits per heavy atom. The van der Waals surface area contributed by atoms with E-state index in [-0.39, 0.29) is 16.6 Å². The Kier molecular flexibility index (Phi) is 4.75. The maximum atomic E-state index is 13.7. The molecule has 0 saturated carbocycles. The van der Waals surface area contributed by atoms with Crippen LogP contribution in [0.5, 0.6) is 0 Å². The standard InChI is InChI=1S/C12H18FNOS2/c1-8(14-17(15)12(2,3)4)10-6-5-9(16)7-11(10)13/h5-8,14,16H,1-4H3/t8-,17?/m1/s1. The van der Waals surface area contributed by atoms with Crippen molar-refractivity contribution in [3.63, 3.8) is 0 Å². The van der Waals surface area contributed by atoms with Crippen LogP contribution in [0.4, 0.5) is 4.39 Å². The third kappa shape index (κ3) is 4.08. The normalized spacial score (nSPS) is 15.6. The second-order valence-corrected chi connectivity index (χ2v) is 7.44. The van der Waals surface area contributed by atoms with Gasteiger partial charge in [-0.15, -0.1) is 12.6 Å². The van der Waals surface area contributed by atoms with E-state index in [0.29, 0.717) is 10.5 Å². The van der Waals surface area contributed by atoms with Gasteiger partial charge in [-0.05, 0) is 39.8 Å². The van der Waals surface area contributed by atoms with Crippen LogP contribution in [-0.4, -0.2) is 8.96 Å². The summed E-state index contributed by atoms with van der Waals surface area (Å²) in [7, 11) is -1.22. The van der Waals surface area contributed by atoms with E-state index in [1.165, 1.54) is 6.07 Å². The highest BCUT2D eigenvalue weighted by Gasteiger charge is 2.22. The molecule has 0 fully saturated rings. The van der Waals surface area contributed by atoms with Gasteiger partial charge in [0.2, 0.25) is 0 Å². The van der Waals surface area contributed by atoms with Crippen molar-refractivity contribution in [2.75, 3.05) is 0 Å². The molecule has 0 bridgehead atoms. The van der Waals surface area contributed by atoms with Crippen molar-refractivity contribution in [3.05, 3.63) is 29.6 Å². The van der Waals surface area contributed by atoms with Gasteiger partial charge in [0.05, 0.1) is 15.7 Å². The lowest BCUT2D eigenvalue weighted by molar-refractivity contribution is 0.569. The Bertz CT molecular complexity index is 429. The third-order valence-corrected chi connectivity index (χ3v) is 4.25. The molecule has 5 heteroatoms. The Labute approximate surface area is 110 Å². The smallest absolute Gasteiger partial charge is 0.129 e. The molecule has 1 rings (SSSR count). The van der Waals surface area contributed by atoms with Crippen LogP contribution in [0.15, 0.2) is 23.1 Å². The topological polar surface area (TPSA) is 29.1 Å². The summed E-state index contributed by atoms with van der Waals surface area (Å²) in [5, 5.41) is 0. The molecule has 1 N–H and O–H groups in total. The van der Waals surface area contributed by atoms with Crippen LogP contribution in [0.2, 0.25) is 0 Å². The molecular weight excluding hydrogens is 257 g/mol. The monoisotopic (exact) mass is 275 g/mol. The Hall–Kier alpha value is -0.390. The molecule has 1 unspecified atom stereocenters. The highest BCUT2D eigenvalue weighted by molar-refractivity contribution is 7.84. The molecule has 0 radical (unpaired) electrons. The summed E-state index contributed by atoms with van der Waals surface area (Å²) in [6.45, 7) is 7.41. The largest absolute Gasteiger partial charge is 0.242 e. The van der Waals surface area contributed by atoms with Crippen molar-refractivity contribution < 1.29 is 8.60 Å². The van der Waals surface area contributed by atoms with E-state index in [0.717, 1.165) is 0 Å². The number of hydrogen-bond acceptors (Lipinski definition) is 2. The van der Waals surface area contributed by atoms with Gasteiger partial charge >= 0.3 is 0 Å². The van der Waals surface area contributed by atoms with Crippen molar-refractivity contribution in [2.24, 2.45) is 0 Å². The molecule has 0 amide bonds. The van der Waals surface area contributed by atoms with Gasteiger partial charge in [-0.25, -0.2) is 13.3 Å². The van der Waals surface area contributed by atoms with Gasteiger partial charge in [-0.1, -0.05) is 6.07 Å². The first-order chi connectivity index (χ1) is 7.71. The second kappa shape index (κ2) is 5.50. The van der Waals surface area contributed by atoms with E-state index < -0.39 is 11.0 Å². The molecule has 96 valence electrons. The van der Waals surface area contributed by atoms with Gasteiger partial charge in [-0.2, -0.15) is 0 Å². The lowest BCUT2D eigenvalue weighted by atomic mass is 10.1. The zero-order valence-corrected chi connectivity index (χ0v) is 12.2. The molecule has 2 atom stereocenters. The number of halogens is 1. The molecule has 17 heavy (non-hydrogen) atoms. The van der Waals surface area contributed by atoms with Crippen LogP contribution >= 0.6 is 12.6 Å². The van der Waals surface area contributed by atoms with Gasteiger partial charge in [0.1, 0.15) is 5.82 Å². The summed E-state index contributed by atoms with van der Waals surface area (Å²) in [6.07, 6.45) is 0. The van der Waals surface area contributed by atoms with E-state index in [1.54, 1.807) is 19.1 Å². The molecule has 0 saturated heterocycles. The SMILES string of the molecule is C[C@@H](NS(=O)C(C)(C)C)c1ccc(S)cc1F. The third-order valence-electron chi connectivity index (χ3n) is 2.29. The summed E-state index contributed by atoms with van der Waals surface area (Å²) in [4.78, 5) is 0.579. The average molecular weight is 275 g/mol. The van der Waals surface area contributed by atoms with Crippen LogP contribution in [0.1, 0.15) is 39.3 Å². The molecular formula is C12H18FNOS2. The summed E-state index contributed by atoms with van der Waals surface area (Å²) in [6, 6.07) is 4.44. The Balaban J connectivity index is 2.84. The van der Waals surface area contributed by atoms with Gasteiger partial charge in [0, 0.05) is 16.5 Å². The average Bonchev–Trinajstić information content (AvgIpc) is 2.15. The molecule has 2 nitrogen and oxygen atoms in total. The minimum absolute atomic E-state index is 0.302. The maximum absolute atomic E-state index is 13.7. The summed E-state index contributed by atoms with van der Waals surface area (Å²) in [5.41, 5.74) is 0.500. The first-order valence-electron chi connectivity index (χ1n) is 5.38. The van der Waals surface area contributed by atoms with Gasteiger partial charge in [0.25, 0.3) is 0 Å².